The van der Waals surface area contributed by atoms with Crippen molar-refractivity contribution in [3.05, 3.63) is 0 Å². The van der Waals surface area contributed by atoms with Gasteiger partial charge < -0.3 is 5.11 Å². The van der Waals surface area contributed by atoms with Gasteiger partial charge in [0.25, 0.3) is 0 Å². The van der Waals surface area contributed by atoms with Crippen molar-refractivity contribution in [2.24, 2.45) is 17.8 Å². The molecule has 1 N–H and O–H groups in total. The Morgan fingerprint density at radius 3 is 2.06 bits per heavy atom. The van der Waals surface area contributed by atoms with Gasteiger partial charge in [0.15, 0.2) is 0 Å². The topological polar surface area (TPSA) is 23.5 Å². The minimum Gasteiger partial charge on any atom is -0.376 e. The fourth-order valence-corrected chi connectivity index (χ4v) is 4.51. The van der Waals surface area contributed by atoms with Crippen molar-refractivity contribution in [1.29, 1.82) is 0 Å². The van der Waals surface area contributed by atoms with Gasteiger partial charge in [-0.2, -0.15) is 0 Å². The normalized spacial score (nSPS) is 39.2. The van der Waals surface area contributed by atoms with Gasteiger partial charge in [0.2, 0.25) is 0 Å². The molecule has 3 unspecified atom stereocenters. The van der Waals surface area contributed by atoms with Crippen LogP contribution in [-0.2, 0) is 0 Å². The fraction of sp³-hybridized carbons (Fsp3) is 1.00. The van der Waals surface area contributed by atoms with Crippen LogP contribution in [0.15, 0.2) is 0 Å². The molecule has 2 saturated carbocycles. The van der Waals surface area contributed by atoms with Crippen LogP contribution >= 0.6 is 0 Å². The van der Waals surface area contributed by atoms with Crippen LogP contribution in [0.25, 0.3) is 0 Å². The van der Waals surface area contributed by atoms with Gasteiger partial charge in [-0.25, -0.2) is 0 Å². The van der Waals surface area contributed by atoms with Gasteiger partial charge >= 0.3 is 0 Å². The molecule has 17 heavy (non-hydrogen) atoms. The number of hydrogen-bond donors (Lipinski definition) is 1. The first-order valence-electron chi connectivity index (χ1n) is 7.65. The fourth-order valence-electron chi connectivity index (χ4n) is 4.51. The molecule has 98 valence electrons. The van der Waals surface area contributed by atoms with Gasteiger partial charge in [0.05, 0.1) is 0 Å². The summed E-state index contributed by atoms with van der Waals surface area (Å²) in [4.78, 5) is 2.41. The Bertz CT molecular complexity index is 258. The monoisotopic (exact) mass is 237 g/mol. The molecule has 2 nitrogen and oxygen atoms in total. The Labute approximate surface area is 105 Å². The second-order valence-corrected chi connectivity index (χ2v) is 6.79. The van der Waals surface area contributed by atoms with E-state index in [0.717, 1.165) is 24.9 Å². The molecule has 0 aromatic carbocycles. The number of likely N-dealkylation sites (tertiary alicyclic amines) is 1. The molecule has 0 radical (unpaired) electrons. The van der Waals surface area contributed by atoms with Crippen molar-refractivity contribution >= 4 is 0 Å². The summed E-state index contributed by atoms with van der Waals surface area (Å²) >= 11 is 0. The molecule has 3 fully saturated rings. The van der Waals surface area contributed by atoms with Crippen LogP contribution in [-0.4, -0.2) is 28.8 Å². The summed E-state index contributed by atoms with van der Waals surface area (Å²) in [7, 11) is 0. The van der Waals surface area contributed by atoms with Gasteiger partial charge in [0.1, 0.15) is 5.72 Å². The molecule has 2 heteroatoms. The van der Waals surface area contributed by atoms with Crippen molar-refractivity contribution in [3.8, 4) is 0 Å². The lowest BCUT2D eigenvalue weighted by Crippen LogP contribution is -2.51. The third-order valence-electron chi connectivity index (χ3n) is 5.75. The summed E-state index contributed by atoms with van der Waals surface area (Å²) in [5, 5.41) is 10.9. The average Bonchev–Trinajstić information content (AvgIpc) is 2.90. The van der Waals surface area contributed by atoms with Crippen LogP contribution in [0.5, 0.6) is 0 Å². The van der Waals surface area contributed by atoms with E-state index in [1.165, 1.54) is 51.4 Å². The van der Waals surface area contributed by atoms with Gasteiger partial charge in [-0.3, -0.25) is 4.90 Å². The van der Waals surface area contributed by atoms with E-state index in [0.29, 0.717) is 5.92 Å². The van der Waals surface area contributed by atoms with Crippen LogP contribution in [0.3, 0.4) is 0 Å². The molecule has 0 bridgehead atoms. The van der Waals surface area contributed by atoms with E-state index >= 15 is 0 Å². The predicted molar refractivity (Wildman–Crippen MR) is 69.6 cm³/mol. The Kier molecular flexibility index (Phi) is 3.20. The third kappa shape index (κ3) is 2.15. The molecular formula is C15H27NO. The zero-order valence-corrected chi connectivity index (χ0v) is 11.2. The van der Waals surface area contributed by atoms with Crippen LogP contribution < -0.4 is 0 Å². The predicted octanol–water partition coefficient (Wildman–Crippen LogP) is 3.01. The second kappa shape index (κ2) is 4.55. The van der Waals surface area contributed by atoms with Crippen molar-refractivity contribution in [3.63, 3.8) is 0 Å². The molecule has 3 atom stereocenters. The molecule has 0 aromatic heterocycles. The summed E-state index contributed by atoms with van der Waals surface area (Å²) in [6, 6.07) is 0. The first-order valence-corrected chi connectivity index (χ1v) is 7.65. The van der Waals surface area contributed by atoms with Gasteiger partial charge in [-0.05, 0) is 44.4 Å². The summed E-state index contributed by atoms with van der Waals surface area (Å²) < 4.78 is 0. The average molecular weight is 237 g/mol. The number of nitrogens with zero attached hydrogens (tertiary/aromatic N) is 1. The summed E-state index contributed by atoms with van der Waals surface area (Å²) in [6.45, 7) is 4.41. The van der Waals surface area contributed by atoms with Crippen LogP contribution in [0.4, 0.5) is 0 Å². The van der Waals surface area contributed by atoms with Crippen LogP contribution in [0.2, 0.25) is 0 Å². The van der Waals surface area contributed by atoms with Gasteiger partial charge in [-0.15, -0.1) is 0 Å². The van der Waals surface area contributed by atoms with Crippen molar-refractivity contribution in [1.82, 2.24) is 4.90 Å². The molecule has 2 aliphatic carbocycles. The SMILES string of the molecule is CC(O)(C1CCCCC1)N1CC2CCCC2C1. The minimum atomic E-state index is -0.523. The Balaban J connectivity index is 1.66. The van der Waals surface area contributed by atoms with Crippen molar-refractivity contribution in [2.45, 2.75) is 64.0 Å². The summed E-state index contributed by atoms with van der Waals surface area (Å²) in [6.07, 6.45) is 10.7. The van der Waals surface area contributed by atoms with E-state index in [4.69, 9.17) is 0 Å². The van der Waals surface area contributed by atoms with E-state index in [2.05, 4.69) is 11.8 Å². The van der Waals surface area contributed by atoms with E-state index in [1.54, 1.807) is 0 Å². The lowest BCUT2D eigenvalue weighted by Gasteiger charge is -2.42. The standard InChI is InChI=1S/C15H27NO/c1-15(17,14-8-3-2-4-9-14)16-10-12-6-5-7-13(12)11-16/h12-14,17H,2-11H2,1H3. The molecule has 1 heterocycles. The van der Waals surface area contributed by atoms with E-state index in [-0.39, 0.29) is 0 Å². The van der Waals surface area contributed by atoms with Crippen LogP contribution in [0, 0.1) is 17.8 Å². The summed E-state index contributed by atoms with van der Waals surface area (Å²) in [5.74, 6) is 2.31. The highest BCUT2D eigenvalue weighted by Gasteiger charge is 2.45. The first kappa shape index (κ1) is 12.0. The molecule has 0 spiro atoms. The van der Waals surface area contributed by atoms with E-state index in [1.807, 2.05) is 0 Å². The van der Waals surface area contributed by atoms with Crippen molar-refractivity contribution in [2.75, 3.05) is 13.1 Å². The first-order chi connectivity index (χ1) is 8.18. The quantitative estimate of drug-likeness (QED) is 0.798. The maximum atomic E-state index is 10.9. The van der Waals surface area contributed by atoms with E-state index < -0.39 is 5.72 Å². The lowest BCUT2D eigenvalue weighted by molar-refractivity contribution is -0.137. The molecule has 3 rings (SSSR count). The molecule has 1 aliphatic heterocycles. The molecule has 0 amide bonds. The maximum Gasteiger partial charge on any atom is 0.118 e. The second-order valence-electron chi connectivity index (χ2n) is 6.79. The highest BCUT2D eigenvalue weighted by atomic mass is 16.3. The molecule has 3 aliphatic rings. The highest BCUT2D eigenvalue weighted by molar-refractivity contribution is 4.95. The van der Waals surface area contributed by atoms with Gasteiger partial charge in [-0.1, -0.05) is 25.7 Å². The van der Waals surface area contributed by atoms with Crippen molar-refractivity contribution < 1.29 is 5.11 Å². The zero-order chi connectivity index (χ0) is 11.9. The third-order valence-corrected chi connectivity index (χ3v) is 5.75. The lowest BCUT2D eigenvalue weighted by atomic mass is 9.81. The molecule has 0 aromatic rings. The molecular weight excluding hydrogens is 210 g/mol. The smallest absolute Gasteiger partial charge is 0.118 e. The summed E-state index contributed by atoms with van der Waals surface area (Å²) in [5.41, 5.74) is -0.523. The van der Waals surface area contributed by atoms with Crippen LogP contribution in [0.1, 0.15) is 58.3 Å². The number of hydrogen-bond acceptors (Lipinski definition) is 2. The Morgan fingerprint density at radius 1 is 0.882 bits per heavy atom. The minimum absolute atomic E-state index is 0.523. The molecule has 1 saturated heterocycles. The van der Waals surface area contributed by atoms with E-state index in [9.17, 15) is 5.11 Å². The zero-order valence-electron chi connectivity index (χ0n) is 11.2. The van der Waals surface area contributed by atoms with Gasteiger partial charge in [0, 0.05) is 19.0 Å². The Morgan fingerprint density at radius 2 is 1.47 bits per heavy atom. The number of aliphatic hydroxyl groups is 1. The highest BCUT2D eigenvalue weighted by Crippen LogP contribution is 2.43. The Hall–Kier alpha value is -0.0800. The maximum absolute atomic E-state index is 10.9. The largest absolute Gasteiger partial charge is 0.376 e. The number of fused-ring (bicyclic) bond motifs is 1. The number of rotatable bonds is 2.